The smallest absolute Gasteiger partial charge is 0.384 e. The van der Waals surface area contributed by atoms with Crippen molar-refractivity contribution < 1.29 is 14.3 Å². The van der Waals surface area contributed by atoms with Gasteiger partial charge >= 0.3 is 5.97 Å². The molecule has 14 heavy (non-hydrogen) atoms. The summed E-state index contributed by atoms with van der Waals surface area (Å²) in [6.45, 7) is 6.85. The van der Waals surface area contributed by atoms with Crippen LogP contribution < -0.4 is 0 Å². The normalized spacial score (nSPS) is 21.2. The van der Waals surface area contributed by atoms with Crippen molar-refractivity contribution >= 4 is 5.97 Å². The summed E-state index contributed by atoms with van der Waals surface area (Å²) in [5.74, 6) is 5.09. The molecule has 0 radical (unpaired) electrons. The van der Waals surface area contributed by atoms with E-state index in [0.29, 0.717) is 6.61 Å². The van der Waals surface area contributed by atoms with Gasteiger partial charge in [-0.15, -0.1) is 0 Å². The maximum Gasteiger partial charge on any atom is 0.384 e. The van der Waals surface area contributed by atoms with Crippen LogP contribution in [-0.2, 0) is 14.3 Å². The Bertz CT molecular complexity index is 258. The summed E-state index contributed by atoms with van der Waals surface area (Å²) in [5, 5.41) is 0. The molecule has 0 bridgehead atoms. The highest BCUT2D eigenvalue weighted by atomic mass is 16.6. The van der Waals surface area contributed by atoms with Gasteiger partial charge in [0.05, 0.1) is 6.61 Å². The molecular weight excluding hydrogens is 180 g/mol. The second-order valence-electron chi connectivity index (χ2n) is 4.33. The summed E-state index contributed by atoms with van der Waals surface area (Å²) in [5.41, 5.74) is -0.460. The van der Waals surface area contributed by atoms with Gasteiger partial charge in [-0.25, -0.2) is 4.79 Å². The highest BCUT2D eigenvalue weighted by molar-refractivity contribution is 5.88. The number of ether oxygens (including phenoxy) is 2. The van der Waals surface area contributed by atoms with Crippen molar-refractivity contribution in [1.82, 2.24) is 0 Å². The summed E-state index contributed by atoms with van der Waals surface area (Å²) < 4.78 is 10.2. The van der Waals surface area contributed by atoms with Crippen LogP contribution in [-0.4, -0.2) is 24.8 Å². The van der Waals surface area contributed by atoms with Crippen molar-refractivity contribution in [2.45, 2.75) is 32.8 Å². The van der Waals surface area contributed by atoms with Gasteiger partial charge in [0.2, 0.25) is 0 Å². The van der Waals surface area contributed by atoms with Gasteiger partial charge in [-0.2, -0.15) is 0 Å². The fourth-order valence-electron chi connectivity index (χ4n) is 1.11. The van der Waals surface area contributed by atoms with E-state index in [9.17, 15) is 4.79 Å². The van der Waals surface area contributed by atoms with Gasteiger partial charge in [0.15, 0.2) is 0 Å². The van der Waals surface area contributed by atoms with Gasteiger partial charge in [-0.3, -0.25) is 0 Å². The van der Waals surface area contributed by atoms with E-state index in [0.717, 1.165) is 13.0 Å². The predicted molar refractivity (Wildman–Crippen MR) is 52.5 cm³/mol. The van der Waals surface area contributed by atoms with Gasteiger partial charge in [0, 0.05) is 18.4 Å². The average Bonchev–Trinajstić information content (AvgIpc) is 2.49. The summed E-state index contributed by atoms with van der Waals surface area (Å²) in [6.07, 6.45) is 0.912. The van der Waals surface area contributed by atoms with Gasteiger partial charge in [0.25, 0.3) is 0 Å². The molecule has 1 aliphatic heterocycles. The average molecular weight is 196 g/mol. The molecule has 0 N–H and O–H groups in total. The van der Waals surface area contributed by atoms with Crippen molar-refractivity contribution in [3.63, 3.8) is 0 Å². The highest BCUT2D eigenvalue weighted by Crippen LogP contribution is 2.10. The second kappa shape index (κ2) is 4.47. The molecule has 0 aromatic heterocycles. The summed E-state index contributed by atoms with van der Waals surface area (Å²) in [7, 11) is 0. The molecule has 0 amide bonds. The van der Waals surface area contributed by atoms with Crippen LogP contribution in [0.25, 0.3) is 0 Å². The Kier molecular flexibility index (Phi) is 3.54. The molecule has 0 aromatic carbocycles. The lowest BCUT2D eigenvalue weighted by Gasteiger charge is -2.16. The van der Waals surface area contributed by atoms with Gasteiger partial charge < -0.3 is 9.47 Å². The quantitative estimate of drug-likeness (QED) is 0.333. The Morgan fingerprint density at radius 2 is 2.21 bits per heavy atom. The molecule has 0 aromatic rings. The summed E-state index contributed by atoms with van der Waals surface area (Å²) in [6, 6.07) is 0. The minimum Gasteiger partial charge on any atom is -0.450 e. The molecule has 0 aliphatic carbocycles. The topological polar surface area (TPSA) is 35.5 Å². The highest BCUT2D eigenvalue weighted by Gasteiger charge is 2.16. The van der Waals surface area contributed by atoms with Crippen LogP contribution >= 0.6 is 0 Å². The zero-order chi connectivity index (χ0) is 10.6. The van der Waals surface area contributed by atoms with Crippen LogP contribution in [0.15, 0.2) is 0 Å². The maximum absolute atomic E-state index is 11.2. The van der Waals surface area contributed by atoms with Crippen LogP contribution in [0.5, 0.6) is 0 Å². The first-order valence-corrected chi connectivity index (χ1v) is 4.79. The molecule has 1 heterocycles. The van der Waals surface area contributed by atoms with Crippen molar-refractivity contribution in [1.29, 1.82) is 0 Å². The number of hydrogen-bond acceptors (Lipinski definition) is 3. The molecular formula is C11H16O3. The predicted octanol–water partition coefficient (Wildman–Crippen LogP) is 1.37. The molecule has 1 saturated heterocycles. The van der Waals surface area contributed by atoms with Crippen molar-refractivity contribution in [2.24, 2.45) is 5.92 Å². The van der Waals surface area contributed by atoms with Crippen LogP contribution in [0.4, 0.5) is 0 Å². The van der Waals surface area contributed by atoms with E-state index in [-0.39, 0.29) is 5.92 Å². The number of carbonyl (C=O) groups is 1. The summed E-state index contributed by atoms with van der Waals surface area (Å²) in [4.78, 5) is 11.2. The lowest BCUT2D eigenvalue weighted by Crippen LogP contribution is -2.22. The van der Waals surface area contributed by atoms with E-state index in [1.54, 1.807) is 0 Å². The third kappa shape index (κ3) is 4.29. The Morgan fingerprint density at radius 1 is 1.50 bits per heavy atom. The number of carbonyl (C=O) groups excluding carboxylic acids is 1. The molecule has 1 atom stereocenters. The van der Waals surface area contributed by atoms with Gasteiger partial charge in [-0.05, 0) is 27.2 Å². The number of rotatable bonds is 0. The van der Waals surface area contributed by atoms with E-state index in [4.69, 9.17) is 9.47 Å². The fraction of sp³-hybridized carbons (Fsp3) is 0.727. The Labute approximate surface area is 84.8 Å². The Hall–Kier alpha value is -1.01. The lowest BCUT2D eigenvalue weighted by atomic mass is 10.1. The zero-order valence-corrected chi connectivity index (χ0v) is 8.92. The largest absolute Gasteiger partial charge is 0.450 e. The van der Waals surface area contributed by atoms with Crippen LogP contribution in [0.2, 0.25) is 0 Å². The molecule has 0 spiro atoms. The SMILES string of the molecule is CC(C)(C)OC(=O)C#CC1CCOC1. The maximum atomic E-state index is 11.2. The minimum absolute atomic E-state index is 0.197. The monoisotopic (exact) mass is 196 g/mol. The first kappa shape index (κ1) is 11.1. The van der Waals surface area contributed by atoms with Crippen molar-refractivity contribution in [3.05, 3.63) is 0 Å². The second-order valence-corrected chi connectivity index (χ2v) is 4.33. The molecule has 78 valence electrons. The Balaban J connectivity index is 2.39. The molecule has 1 fully saturated rings. The van der Waals surface area contributed by atoms with Crippen molar-refractivity contribution in [3.8, 4) is 11.8 Å². The molecule has 0 saturated carbocycles. The fourth-order valence-corrected chi connectivity index (χ4v) is 1.11. The first-order chi connectivity index (χ1) is 6.47. The molecule has 1 aliphatic rings. The van der Waals surface area contributed by atoms with Crippen LogP contribution in [0, 0.1) is 17.8 Å². The Morgan fingerprint density at radius 3 is 2.71 bits per heavy atom. The molecule has 3 heteroatoms. The van der Waals surface area contributed by atoms with Crippen LogP contribution in [0.3, 0.4) is 0 Å². The van der Waals surface area contributed by atoms with E-state index in [2.05, 4.69) is 11.8 Å². The third-order valence-electron chi connectivity index (χ3n) is 1.71. The van der Waals surface area contributed by atoms with Gasteiger partial charge in [0.1, 0.15) is 5.60 Å². The van der Waals surface area contributed by atoms with E-state index < -0.39 is 11.6 Å². The van der Waals surface area contributed by atoms with Crippen molar-refractivity contribution in [2.75, 3.05) is 13.2 Å². The van der Waals surface area contributed by atoms with Gasteiger partial charge in [-0.1, -0.05) is 5.92 Å². The van der Waals surface area contributed by atoms with E-state index in [1.807, 2.05) is 20.8 Å². The zero-order valence-electron chi connectivity index (χ0n) is 8.92. The lowest BCUT2D eigenvalue weighted by molar-refractivity contribution is -0.147. The molecule has 1 rings (SSSR count). The standard InChI is InChI=1S/C11H16O3/c1-11(2,3)14-10(12)5-4-9-6-7-13-8-9/h9H,6-8H2,1-3H3. The minimum atomic E-state index is -0.460. The first-order valence-electron chi connectivity index (χ1n) is 4.79. The summed E-state index contributed by atoms with van der Waals surface area (Å²) >= 11 is 0. The molecule has 1 unspecified atom stereocenters. The van der Waals surface area contributed by atoms with Crippen LogP contribution in [0.1, 0.15) is 27.2 Å². The van der Waals surface area contributed by atoms with E-state index in [1.165, 1.54) is 0 Å². The molecule has 3 nitrogen and oxygen atoms in total. The number of esters is 1. The third-order valence-corrected chi connectivity index (χ3v) is 1.71. The van der Waals surface area contributed by atoms with E-state index >= 15 is 0 Å². The number of hydrogen-bond donors (Lipinski definition) is 0.